The van der Waals surface area contributed by atoms with E-state index in [9.17, 15) is 18.0 Å². The fourth-order valence-corrected chi connectivity index (χ4v) is 5.83. The first-order valence-corrected chi connectivity index (χ1v) is 11.3. The Kier molecular flexibility index (Phi) is 5.99. The quantitative estimate of drug-likeness (QED) is 0.457. The molecule has 0 saturated heterocycles. The largest absolute Gasteiger partial charge is 0.478 e. The Labute approximate surface area is 168 Å². The van der Waals surface area contributed by atoms with Crippen molar-refractivity contribution >= 4 is 49.2 Å². The number of sulfonamides is 1. The molecule has 0 radical (unpaired) electrons. The predicted octanol–water partition coefficient (Wildman–Crippen LogP) is 3.10. The van der Waals surface area contributed by atoms with Crippen molar-refractivity contribution in [1.82, 2.24) is 10.3 Å². The number of thiophene rings is 1. The summed E-state index contributed by atoms with van der Waals surface area (Å²) in [5.74, 6) is -1.79. The molecule has 1 amide bonds. The van der Waals surface area contributed by atoms with Crippen LogP contribution in [0.4, 0.5) is 0 Å². The van der Waals surface area contributed by atoms with E-state index in [2.05, 4.69) is 21.4 Å². The smallest absolute Gasteiger partial charge is 0.335 e. The zero-order valence-corrected chi connectivity index (χ0v) is 17.3. The molecule has 1 heterocycles. The van der Waals surface area contributed by atoms with Crippen LogP contribution in [0.1, 0.15) is 49.7 Å². The van der Waals surface area contributed by atoms with Crippen LogP contribution < -0.4 is 10.3 Å². The van der Waals surface area contributed by atoms with E-state index in [1.54, 1.807) is 0 Å². The monoisotopic (exact) mass is 472 g/mol. The number of carbonyl (C=O) groups is 2. The van der Waals surface area contributed by atoms with Gasteiger partial charge < -0.3 is 5.11 Å². The number of hydrazine groups is 1. The Bertz CT molecular complexity index is 977. The Balaban J connectivity index is 1.75. The zero-order valence-electron chi connectivity index (χ0n) is 14.1. The number of rotatable bonds is 5. The molecule has 0 aliphatic heterocycles. The van der Waals surface area contributed by atoms with Crippen LogP contribution in [0.5, 0.6) is 0 Å². The summed E-state index contributed by atoms with van der Waals surface area (Å²) in [5, 5.41) is 9.03. The number of aromatic carboxylic acids is 1. The molecule has 27 heavy (non-hydrogen) atoms. The fraction of sp³-hybridized carbons (Fsp3) is 0.294. The van der Waals surface area contributed by atoms with Crippen molar-refractivity contribution in [3.8, 4) is 0 Å². The molecule has 0 fully saturated rings. The van der Waals surface area contributed by atoms with E-state index in [1.807, 2.05) is 10.9 Å². The van der Waals surface area contributed by atoms with Gasteiger partial charge in [0, 0.05) is 9.35 Å². The lowest BCUT2D eigenvalue weighted by atomic mass is 10.1. The van der Waals surface area contributed by atoms with Gasteiger partial charge in [0.25, 0.3) is 15.9 Å². The Morgan fingerprint density at radius 3 is 2.59 bits per heavy atom. The summed E-state index contributed by atoms with van der Waals surface area (Å²) in [6, 6.07) is 5.45. The minimum atomic E-state index is -4.15. The van der Waals surface area contributed by atoms with E-state index in [0.717, 1.165) is 37.3 Å². The number of amides is 1. The van der Waals surface area contributed by atoms with Crippen molar-refractivity contribution < 1.29 is 23.1 Å². The molecule has 0 spiro atoms. The van der Waals surface area contributed by atoms with Crippen molar-refractivity contribution in [1.29, 1.82) is 0 Å². The highest BCUT2D eigenvalue weighted by Gasteiger charge is 2.22. The van der Waals surface area contributed by atoms with Gasteiger partial charge in [-0.05, 0) is 71.4 Å². The third-order valence-electron chi connectivity index (χ3n) is 4.24. The van der Waals surface area contributed by atoms with Gasteiger partial charge in [-0.2, -0.15) is 0 Å². The number of carboxylic acid groups (broad SMARTS) is 1. The van der Waals surface area contributed by atoms with Gasteiger partial charge in [-0.25, -0.2) is 13.2 Å². The van der Waals surface area contributed by atoms with Gasteiger partial charge in [-0.1, -0.05) is 6.42 Å². The summed E-state index contributed by atoms with van der Waals surface area (Å²) in [6.45, 7) is 0. The minimum Gasteiger partial charge on any atom is -0.478 e. The van der Waals surface area contributed by atoms with Crippen LogP contribution >= 0.6 is 27.3 Å². The number of halogens is 1. The highest BCUT2D eigenvalue weighted by Crippen LogP contribution is 2.29. The van der Waals surface area contributed by atoms with E-state index in [4.69, 9.17) is 5.11 Å². The lowest BCUT2D eigenvalue weighted by molar-refractivity contribution is 0.0696. The Morgan fingerprint density at radius 2 is 1.85 bits per heavy atom. The first-order chi connectivity index (χ1) is 12.8. The molecule has 0 atom stereocenters. The van der Waals surface area contributed by atoms with Gasteiger partial charge >= 0.3 is 5.97 Å². The highest BCUT2D eigenvalue weighted by molar-refractivity contribution is 9.10. The summed E-state index contributed by atoms with van der Waals surface area (Å²) < 4.78 is 25.1. The number of fused-ring (bicyclic) bond motifs is 1. The molecular weight excluding hydrogens is 456 g/mol. The summed E-state index contributed by atoms with van der Waals surface area (Å²) in [7, 11) is -4.15. The molecule has 3 rings (SSSR count). The molecule has 1 aliphatic carbocycles. The number of hydrogen-bond donors (Lipinski definition) is 3. The predicted molar refractivity (Wildman–Crippen MR) is 104 cm³/mol. The SMILES string of the molecule is O=C(O)c1ccc(Br)c(S(=O)(=O)NNC(=O)c2cc3c(s2)CCCCC3)c1. The normalized spacial score (nSPS) is 14.3. The highest BCUT2D eigenvalue weighted by atomic mass is 79.9. The van der Waals surface area contributed by atoms with Crippen LogP contribution in [0.25, 0.3) is 0 Å². The third kappa shape index (κ3) is 4.57. The third-order valence-corrected chi connectivity index (χ3v) is 7.71. The number of aryl methyl sites for hydroxylation is 2. The second-order valence-electron chi connectivity index (χ2n) is 6.13. The van der Waals surface area contributed by atoms with Gasteiger partial charge in [0.15, 0.2) is 0 Å². The van der Waals surface area contributed by atoms with Crippen molar-refractivity contribution in [3.63, 3.8) is 0 Å². The summed E-state index contributed by atoms with van der Waals surface area (Å²) in [4.78, 5) is 26.8. The lowest BCUT2D eigenvalue weighted by Gasteiger charge is -2.10. The summed E-state index contributed by atoms with van der Waals surface area (Å²) >= 11 is 4.47. The van der Waals surface area contributed by atoms with Crippen molar-refractivity contribution in [3.05, 3.63) is 49.6 Å². The molecule has 7 nitrogen and oxygen atoms in total. The fourth-order valence-electron chi connectivity index (χ4n) is 2.85. The molecule has 0 unspecified atom stereocenters. The second kappa shape index (κ2) is 8.09. The molecule has 0 bridgehead atoms. The topological polar surface area (TPSA) is 113 Å². The molecule has 2 aromatic rings. The van der Waals surface area contributed by atoms with Gasteiger partial charge in [-0.3, -0.25) is 10.2 Å². The summed E-state index contributed by atoms with van der Waals surface area (Å²) in [6.07, 6.45) is 5.22. The molecular formula is C17H17BrN2O5S2. The summed E-state index contributed by atoms with van der Waals surface area (Å²) in [5.41, 5.74) is 3.18. The first-order valence-electron chi connectivity index (χ1n) is 8.24. The van der Waals surface area contributed by atoms with Crippen molar-refractivity contribution in [2.75, 3.05) is 0 Å². The van der Waals surface area contributed by atoms with E-state index in [0.29, 0.717) is 4.88 Å². The maximum Gasteiger partial charge on any atom is 0.335 e. The number of nitrogens with one attached hydrogen (secondary N) is 2. The van der Waals surface area contributed by atoms with Gasteiger partial charge in [0.1, 0.15) is 0 Å². The number of carboxylic acids is 1. The minimum absolute atomic E-state index is 0.174. The van der Waals surface area contributed by atoms with Gasteiger partial charge in [-0.15, -0.1) is 16.2 Å². The molecule has 144 valence electrons. The maximum absolute atomic E-state index is 12.5. The standard InChI is InChI=1S/C17H17BrN2O5S2/c18-12-7-6-11(17(22)23)9-15(12)27(24,25)20-19-16(21)14-8-10-4-2-1-3-5-13(10)26-14/h6-9,20H,1-5H2,(H,19,21)(H,22,23). The van der Waals surface area contributed by atoms with E-state index in [1.165, 1.54) is 34.8 Å². The van der Waals surface area contributed by atoms with Crippen LogP contribution in [0.3, 0.4) is 0 Å². The molecule has 1 aromatic carbocycles. The van der Waals surface area contributed by atoms with Gasteiger partial charge in [0.05, 0.1) is 15.3 Å². The van der Waals surface area contributed by atoms with E-state index in [-0.39, 0.29) is 14.9 Å². The number of carbonyl (C=O) groups excluding carboxylic acids is 1. The van der Waals surface area contributed by atoms with Crippen LogP contribution in [0.2, 0.25) is 0 Å². The van der Waals surface area contributed by atoms with Crippen molar-refractivity contribution in [2.24, 2.45) is 0 Å². The zero-order chi connectivity index (χ0) is 19.6. The molecule has 1 aliphatic rings. The maximum atomic E-state index is 12.5. The van der Waals surface area contributed by atoms with Crippen molar-refractivity contribution in [2.45, 2.75) is 37.0 Å². The number of hydrogen-bond acceptors (Lipinski definition) is 5. The van der Waals surface area contributed by atoms with E-state index < -0.39 is 21.9 Å². The average Bonchev–Trinajstić information content (AvgIpc) is 2.90. The molecule has 3 N–H and O–H groups in total. The van der Waals surface area contributed by atoms with Crippen LogP contribution in [-0.2, 0) is 22.9 Å². The molecule has 0 saturated carbocycles. The molecule has 10 heteroatoms. The number of benzene rings is 1. The van der Waals surface area contributed by atoms with Crippen LogP contribution in [0.15, 0.2) is 33.6 Å². The Hall–Kier alpha value is -1.75. The van der Waals surface area contributed by atoms with E-state index >= 15 is 0 Å². The lowest BCUT2D eigenvalue weighted by Crippen LogP contribution is -2.41. The first kappa shape index (κ1) is 20.0. The average molecular weight is 473 g/mol. The van der Waals surface area contributed by atoms with Crippen LogP contribution in [-0.4, -0.2) is 25.4 Å². The molecule has 1 aromatic heterocycles. The second-order valence-corrected chi connectivity index (χ2v) is 9.77. The van der Waals surface area contributed by atoms with Crippen LogP contribution in [0, 0.1) is 0 Å². The Morgan fingerprint density at radius 1 is 1.11 bits per heavy atom. The van der Waals surface area contributed by atoms with Gasteiger partial charge in [0.2, 0.25) is 0 Å².